The van der Waals surface area contributed by atoms with E-state index in [0.29, 0.717) is 0 Å². The molecule has 1 aromatic carbocycles. The molecule has 0 heterocycles. The molecule has 0 spiro atoms. The van der Waals surface area contributed by atoms with E-state index in [1.54, 1.807) is 0 Å². The van der Waals surface area contributed by atoms with Gasteiger partial charge in [-0.2, -0.15) is 4.39 Å². The van der Waals surface area contributed by atoms with Crippen LogP contribution in [0.1, 0.15) is 5.56 Å². The van der Waals surface area contributed by atoms with Gasteiger partial charge >= 0.3 is 0 Å². The van der Waals surface area contributed by atoms with Crippen LogP contribution in [-0.4, -0.2) is 11.0 Å². The molecule has 0 aromatic heterocycles. The second-order valence-electron chi connectivity index (χ2n) is 2.23. The molecule has 0 unspecified atom stereocenters. The molecule has 1 nitrogen and oxygen atoms in total. The van der Waals surface area contributed by atoms with Crippen LogP contribution in [0.5, 0.6) is 5.75 Å². The average Bonchev–Trinajstić information content (AvgIpc) is 2.10. The Morgan fingerprint density at radius 1 is 1.38 bits per heavy atom. The highest BCUT2D eigenvalue weighted by Gasteiger charge is 2.07. The third kappa shape index (κ3) is 2.33. The first-order chi connectivity index (χ1) is 6.15. The van der Waals surface area contributed by atoms with E-state index in [-0.39, 0.29) is 11.4 Å². The van der Waals surface area contributed by atoms with E-state index in [0.717, 1.165) is 12.1 Å². The van der Waals surface area contributed by atoms with Crippen molar-refractivity contribution >= 4 is 11.6 Å². The van der Waals surface area contributed by atoms with E-state index >= 15 is 0 Å². The largest absolute Gasteiger partial charge is 0.505 e. The van der Waals surface area contributed by atoms with Crippen molar-refractivity contribution in [2.45, 2.75) is 0 Å². The van der Waals surface area contributed by atoms with E-state index in [2.05, 4.69) is 11.8 Å². The van der Waals surface area contributed by atoms with Gasteiger partial charge in [-0.05, 0) is 12.1 Å². The minimum atomic E-state index is -1.27. The standard InChI is InChI=1S/C9H5ClF2O/c10-3-1-2-6-4-7(11)9(12)8(13)5-6/h4-5,13H,3H2. The van der Waals surface area contributed by atoms with Crippen LogP contribution >= 0.6 is 11.6 Å². The summed E-state index contributed by atoms with van der Waals surface area (Å²) in [6.07, 6.45) is 0. The molecule has 0 saturated heterocycles. The molecule has 0 amide bonds. The van der Waals surface area contributed by atoms with Gasteiger partial charge in [0.15, 0.2) is 17.4 Å². The predicted octanol–water partition coefficient (Wildman–Crippen LogP) is 2.26. The van der Waals surface area contributed by atoms with Crippen LogP contribution in [0.25, 0.3) is 0 Å². The van der Waals surface area contributed by atoms with E-state index < -0.39 is 17.4 Å². The summed E-state index contributed by atoms with van der Waals surface area (Å²) in [5.41, 5.74) is 0.192. The molecule has 13 heavy (non-hydrogen) atoms. The normalized spacial score (nSPS) is 9.15. The average molecular weight is 203 g/mol. The fourth-order valence-electron chi connectivity index (χ4n) is 0.782. The van der Waals surface area contributed by atoms with Gasteiger partial charge in [0.1, 0.15) is 0 Å². The monoisotopic (exact) mass is 202 g/mol. The lowest BCUT2D eigenvalue weighted by atomic mass is 10.2. The minimum Gasteiger partial charge on any atom is -0.505 e. The van der Waals surface area contributed by atoms with E-state index in [9.17, 15) is 8.78 Å². The Hall–Kier alpha value is -1.27. The number of alkyl halides is 1. The summed E-state index contributed by atoms with van der Waals surface area (Å²) in [7, 11) is 0. The molecule has 4 heteroatoms. The van der Waals surface area contributed by atoms with Crippen molar-refractivity contribution in [3.8, 4) is 17.6 Å². The third-order valence-corrected chi connectivity index (χ3v) is 1.44. The molecule has 0 atom stereocenters. The number of phenolic OH excluding ortho intramolecular Hbond substituents is 1. The van der Waals surface area contributed by atoms with Crippen LogP contribution in [0.2, 0.25) is 0 Å². The van der Waals surface area contributed by atoms with Crippen LogP contribution in [0.4, 0.5) is 8.78 Å². The lowest BCUT2D eigenvalue weighted by Gasteiger charge is -1.97. The molecule has 0 bridgehead atoms. The lowest BCUT2D eigenvalue weighted by molar-refractivity contribution is 0.407. The fourth-order valence-corrected chi connectivity index (χ4v) is 0.849. The first-order valence-corrected chi connectivity index (χ1v) is 3.91. The Balaban J connectivity index is 3.13. The molecule has 0 saturated carbocycles. The van der Waals surface area contributed by atoms with Gasteiger partial charge in [-0.1, -0.05) is 11.8 Å². The first-order valence-electron chi connectivity index (χ1n) is 3.38. The number of rotatable bonds is 0. The zero-order valence-corrected chi connectivity index (χ0v) is 7.20. The molecule has 0 aliphatic rings. The van der Waals surface area contributed by atoms with Crippen molar-refractivity contribution in [3.05, 3.63) is 29.3 Å². The van der Waals surface area contributed by atoms with Crippen molar-refractivity contribution < 1.29 is 13.9 Å². The van der Waals surface area contributed by atoms with Crippen molar-refractivity contribution in [1.29, 1.82) is 0 Å². The summed E-state index contributed by atoms with van der Waals surface area (Å²) in [6.45, 7) is 0. The highest BCUT2D eigenvalue weighted by Crippen LogP contribution is 2.19. The Labute approximate surface area is 79.0 Å². The molecule has 1 N–H and O–H groups in total. The maximum absolute atomic E-state index is 12.6. The predicted molar refractivity (Wildman–Crippen MR) is 45.6 cm³/mol. The molecule has 0 aliphatic carbocycles. The Bertz CT molecular complexity index is 356. The van der Waals surface area contributed by atoms with Crippen LogP contribution in [0, 0.1) is 23.5 Å². The number of hydrogen-bond donors (Lipinski definition) is 1. The Kier molecular flexibility index (Phi) is 3.10. The second kappa shape index (κ2) is 4.11. The fraction of sp³-hybridized carbons (Fsp3) is 0.111. The highest BCUT2D eigenvalue weighted by atomic mass is 35.5. The minimum absolute atomic E-state index is 0.0970. The summed E-state index contributed by atoms with van der Waals surface area (Å²) in [5.74, 6) is 1.86. The number of halogens is 3. The van der Waals surface area contributed by atoms with Gasteiger partial charge in [0.2, 0.25) is 0 Å². The summed E-state index contributed by atoms with van der Waals surface area (Å²) in [4.78, 5) is 0. The summed E-state index contributed by atoms with van der Waals surface area (Å²) in [6, 6.07) is 1.94. The van der Waals surface area contributed by atoms with Crippen LogP contribution in [0.3, 0.4) is 0 Å². The van der Waals surface area contributed by atoms with E-state index in [1.165, 1.54) is 0 Å². The van der Waals surface area contributed by atoms with Gasteiger partial charge in [0, 0.05) is 5.56 Å². The van der Waals surface area contributed by atoms with Crippen molar-refractivity contribution in [3.63, 3.8) is 0 Å². The maximum Gasteiger partial charge on any atom is 0.200 e. The summed E-state index contributed by atoms with van der Waals surface area (Å²) < 4.78 is 25.2. The van der Waals surface area contributed by atoms with Crippen LogP contribution < -0.4 is 0 Å². The molecule has 1 rings (SSSR count). The molecular weight excluding hydrogens is 198 g/mol. The number of phenols is 1. The third-order valence-electron chi connectivity index (χ3n) is 1.31. The Morgan fingerprint density at radius 3 is 2.62 bits per heavy atom. The quantitative estimate of drug-likeness (QED) is 0.506. The van der Waals surface area contributed by atoms with E-state index in [1.807, 2.05) is 0 Å². The SMILES string of the molecule is Oc1cc(C#CCCl)cc(F)c1F. The summed E-state index contributed by atoms with van der Waals surface area (Å²) in [5, 5.41) is 8.86. The van der Waals surface area contributed by atoms with Crippen molar-refractivity contribution in [2.24, 2.45) is 0 Å². The molecule has 68 valence electrons. The van der Waals surface area contributed by atoms with Crippen LogP contribution in [-0.2, 0) is 0 Å². The molecule has 0 radical (unpaired) electrons. The van der Waals surface area contributed by atoms with Gasteiger partial charge in [0.25, 0.3) is 0 Å². The van der Waals surface area contributed by atoms with Gasteiger partial charge in [-0.25, -0.2) is 4.39 Å². The number of aromatic hydroxyl groups is 1. The topological polar surface area (TPSA) is 20.2 Å². The molecule has 1 aromatic rings. The first kappa shape index (κ1) is 9.82. The summed E-state index contributed by atoms with van der Waals surface area (Å²) >= 11 is 5.26. The van der Waals surface area contributed by atoms with Crippen LogP contribution in [0.15, 0.2) is 12.1 Å². The van der Waals surface area contributed by atoms with Gasteiger partial charge in [-0.3, -0.25) is 0 Å². The zero-order valence-electron chi connectivity index (χ0n) is 6.44. The Morgan fingerprint density at radius 2 is 2.08 bits per heavy atom. The van der Waals surface area contributed by atoms with Crippen molar-refractivity contribution in [2.75, 3.05) is 5.88 Å². The smallest absolute Gasteiger partial charge is 0.200 e. The van der Waals surface area contributed by atoms with Gasteiger partial charge in [0.05, 0.1) is 5.88 Å². The lowest BCUT2D eigenvalue weighted by Crippen LogP contribution is -1.86. The van der Waals surface area contributed by atoms with Gasteiger partial charge < -0.3 is 5.11 Å². The van der Waals surface area contributed by atoms with Gasteiger partial charge in [-0.15, -0.1) is 11.6 Å². The zero-order chi connectivity index (χ0) is 9.84. The van der Waals surface area contributed by atoms with Crippen molar-refractivity contribution in [1.82, 2.24) is 0 Å². The molecule has 0 aliphatic heterocycles. The highest BCUT2D eigenvalue weighted by molar-refractivity contribution is 6.19. The molecule has 0 fully saturated rings. The molecular formula is C9H5ClF2O. The van der Waals surface area contributed by atoms with E-state index in [4.69, 9.17) is 16.7 Å². The number of benzene rings is 1. The second-order valence-corrected chi connectivity index (χ2v) is 2.49. The number of hydrogen-bond acceptors (Lipinski definition) is 1. The maximum atomic E-state index is 12.6.